The van der Waals surface area contributed by atoms with Gasteiger partial charge in [-0.15, -0.1) is 0 Å². The highest BCUT2D eigenvalue weighted by atomic mass is 127. The Morgan fingerprint density at radius 2 is 2.18 bits per heavy atom. The maximum absolute atomic E-state index is 4.54. The van der Waals surface area contributed by atoms with E-state index in [1.807, 2.05) is 20.0 Å². The number of rotatable bonds is 3. The van der Waals surface area contributed by atoms with Gasteiger partial charge < -0.3 is 5.32 Å². The Balaban J connectivity index is 2.53. The van der Waals surface area contributed by atoms with Gasteiger partial charge in [0, 0.05) is 19.8 Å². The summed E-state index contributed by atoms with van der Waals surface area (Å²) in [5, 5.41) is 7.39. The highest BCUT2D eigenvalue weighted by Gasteiger charge is 2.12. The molecule has 0 spiro atoms. The van der Waals surface area contributed by atoms with E-state index in [1.54, 1.807) is 10.9 Å². The zero-order valence-corrected chi connectivity index (χ0v) is 12.2. The van der Waals surface area contributed by atoms with E-state index in [0.717, 1.165) is 27.3 Å². The zero-order chi connectivity index (χ0) is 12.4. The SMILES string of the molecule is CCNc1nc(-c2ccnn2C)nc(C)c1I. The largest absolute Gasteiger partial charge is 0.369 e. The van der Waals surface area contributed by atoms with E-state index in [9.17, 15) is 0 Å². The second kappa shape index (κ2) is 4.99. The topological polar surface area (TPSA) is 55.6 Å². The molecule has 2 aromatic rings. The molecule has 0 aliphatic rings. The van der Waals surface area contributed by atoms with Gasteiger partial charge in [0.1, 0.15) is 11.5 Å². The first kappa shape index (κ1) is 12.3. The molecule has 17 heavy (non-hydrogen) atoms. The molecule has 0 amide bonds. The molecular weight excluding hydrogens is 329 g/mol. The summed E-state index contributed by atoms with van der Waals surface area (Å²) in [4.78, 5) is 9.04. The van der Waals surface area contributed by atoms with Gasteiger partial charge in [-0.3, -0.25) is 4.68 Å². The van der Waals surface area contributed by atoms with E-state index in [1.165, 1.54) is 0 Å². The lowest BCUT2D eigenvalue weighted by molar-refractivity contribution is 0.769. The predicted molar refractivity (Wildman–Crippen MR) is 75.9 cm³/mol. The minimum atomic E-state index is 0.707. The first-order chi connectivity index (χ1) is 8.13. The number of nitrogens with one attached hydrogen (secondary N) is 1. The Bertz CT molecular complexity index is 535. The maximum Gasteiger partial charge on any atom is 0.180 e. The Morgan fingerprint density at radius 1 is 1.41 bits per heavy atom. The molecule has 0 saturated carbocycles. The van der Waals surface area contributed by atoms with Crippen LogP contribution in [0.15, 0.2) is 12.3 Å². The van der Waals surface area contributed by atoms with Crippen LogP contribution < -0.4 is 5.32 Å². The summed E-state index contributed by atoms with van der Waals surface area (Å²) < 4.78 is 2.84. The zero-order valence-electron chi connectivity index (χ0n) is 10.0. The van der Waals surface area contributed by atoms with E-state index in [2.05, 4.69) is 49.9 Å². The van der Waals surface area contributed by atoms with Crippen molar-refractivity contribution < 1.29 is 0 Å². The fourth-order valence-electron chi connectivity index (χ4n) is 1.55. The van der Waals surface area contributed by atoms with Crippen LogP contribution in [0, 0.1) is 10.5 Å². The lowest BCUT2D eigenvalue weighted by Gasteiger charge is -2.10. The summed E-state index contributed by atoms with van der Waals surface area (Å²) in [6.07, 6.45) is 1.75. The summed E-state index contributed by atoms with van der Waals surface area (Å²) >= 11 is 2.26. The predicted octanol–water partition coefficient (Wildman–Crippen LogP) is 2.22. The number of nitrogens with zero attached hydrogens (tertiary/aromatic N) is 4. The van der Waals surface area contributed by atoms with Gasteiger partial charge in [-0.05, 0) is 42.5 Å². The third kappa shape index (κ3) is 2.41. The first-order valence-electron chi connectivity index (χ1n) is 5.40. The number of hydrogen-bond acceptors (Lipinski definition) is 4. The summed E-state index contributed by atoms with van der Waals surface area (Å²) in [7, 11) is 1.89. The minimum Gasteiger partial charge on any atom is -0.369 e. The van der Waals surface area contributed by atoms with Crippen molar-refractivity contribution in [1.82, 2.24) is 19.7 Å². The summed E-state index contributed by atoms with van der Waals surface area (Å²) in [5.74, 6) is 1.59. The molecule has 0 fully saturated rings. The third-order valence-corrected chi connectivity index (χ3v) is 3.70. The van der Waals surface area contributed by atoms with Crippen LogP contribution in [0.25, 0.3) is 11.5 Å². The highest BCUT2D eigenvalue weighted by molar-refractivity contribution is 14.1. The average Bonchev–Trinajstić information content (AvgIpc) is 2.71. The lowest BCUT2D eigenvalue weighted by atomic mass is 10.3. The normalized spacial score (nSPS) is 10.6. The number of anilines is 1. The highest BCUT2D eigenvalue weighted by Crippen LogP contribution is 2.22. The van der Waals surface area contributed by atoms with Crippen molar-refractivity contribution in [3.05, 3.63) is 21.5 Å². The molecule has 0 saturated heterocycles. The fourth-order valence-corrected chi connectivity index (χ4v) is 1.98. The van der Waals surface area contributed by atoms with Crippen molar-refractivity contribution in [2.75, 3.05) is 11.9 Å². The van der Waals surface area contributed by atoms with Gasteiger partial charge in [0.05, 0.1) is 9.26 Å². The second-order valence-electron chi connectivity index (χ2n) is 3.67. The van der Waals surface area contributed by atoms with E-state index in [4.69, 9.17) is 0 Å². The van der Waals surface area contributed by atoms with Crippen molar-refractivity contribution in [2.24, 2.45) is 7.05 Å². The Hall–Kier alpha value is -1.18. The monoisotopic (exact) mass is 343 g/mol. The van der Waals surface area contributed by atoms with Crippen molar-refractivity contribution in [3.63, 3.8) is 0 Å². The molecule has 0 radical (unpaired) electrons. The van der Waals surface area contributed by atoms with Gasteiger partial charge in [-0.1, -0.05) is 0 Å². The van der Waals surface area contributed by atoms with Crippen molar-refractivity contribution in [3.8, 4) is 11.5 Å². The van der Waals surface area contributed by atoms with Crippen molar-refractivity contribution >= 4 is 28.4 Å². The van der Waals surface area contributed by atoms with E-state index in [-0.39, 0.29) is 0 Å². The smallest absolute Gasteiger partial charge is 0.180 e. The molecule has 0 atom stereocenters. The molecule has 2 heterocycles. The van der Waals surface area contributed by atoms with Crippen LogP contribution in [0.3, 0.4) is 0 Å². The van der Waals surface area contributed by atoms with Crippen LogP contribution in [0.2, 0.25) is 0 Å². The molecule has 90 valence electrons. The average molecular weight is 343 g/mol. The van der Waals surface area contributed by atoms with Crippen LogP contribution >= 0.6 is 22.6 Å². The molecule has 6 heteroatoms. The molecule has 0 unspecified atom stereocenters. The van der Waals surface area contributed by atoms with Gasteiger partial charge in [-0.25, -0.2) is 9.97 Å². The molecule has 2 aromatic heterocycles. The van der Waals surface area contributed by atoms with Crippen LogP contribution in [0.4, 0.5) is 5.82 Å². The Kier molecular flexibility index (Phi) is 3.60. The fraction of sp³-hybridized carbons (Fsp3) is 0.364. The molecule has 2 rings (SSSR count). The second-order valence-corrected chi connectivity index (χ2v) is 4.74. The molecule has 0 aliphatic carbocycles. The molecule has 0 bridgehead atoms. The first-order valence-corrected chi connectivity index (χ1v) is 6.47. The summed E-state index contributed by atoms with van der Waals surface area (Å²) in [6.45, 7) is 4.89. The van der Waals surface area contributed by atoms with Gasteiger partial charge in [0.15, 0.2) is 5.82 Å². The molecule has 0 aromatic carbocycles. The molecular formula is C11H14IN5. The van der Waals surface area contributed by atoms with Gasteiger partial charge >= 0.3 is 0 Å². The quantitative estimate of drug-likeness (QED) is 0.869. The van der Waals surface area contributed by atoms with Crippen LogP contribution in [0.1, 0.15) is 12.6 Å². The van der Waals surface area contributed by atoms with Gasteiger partial charge in [-0.2, -0.15) is 5.10 Å². The van der Waals surface area contributed by atoms with Crippen LogP contribution in [-0.2, 0) is 7.05 Å². The van der Waals surface area contributed by atoms with Crippen LogP contribution in [0.5, 0.6) is 0 Å². The number of aryl methyl sites for hydroxylation is 2. The van der Waals surface area contributed by atoms with E-state index >= 15 is 0 Å². The van der Waals surface area contributed by atoms with Crippen molar-refractivity contribution in [2.45, 2.75) is 13.8 Å². The molecule has 0 aliphatic heterocycles. The van der Waals surface area contributed by atoms with Gasteiger partial charge in [0.2, 0.25) is 0 Å². The summed E-state index contributed by atoms with van der Waals surface area (Å²) in [6, 6.07) is 1.91. The standard InChI is InChI=1S/C11H14IN5/c1-4-13-11-9(12)7(2)15-10(16-11)8-5-6-14-17(8)3/h5-6H,4H2,1-3H3,(H,13,15,16). The maximum atomic E-state index is 4.54. The molecule has 1 N–H and O–H groups in total. The van der Waals surface area contributed by atoms with Crippen molar-refractivity contribution in [1.29, 1.82) is 0 Å². The Morgan fingerprint density at radius 3 is 2.76 bits per heavy atom. The van der Waals surface area contributed by atoms with E-state index in [0.29, 0.717) is 5.82 Å². The summed E-state index contributed by atoms with van der Waals surface area (Å²) in [5.41, 5.74) is 1.90. The molecule has 5 nitrogen and oxygen atoms in total. The lowest BCUT2D eigenvalue weighted by Crippen LogP contribution is -2.07. The Labute approximate surface area is 114 Å². The minimum absolute atomic E-state index is 0.707. The number of halogens is 1. The number of hydrogen-bond donors (Lipinski definition) is 1. The van der Waals surface area contributed by atoms with E-state index < -0.39 is 0 Å². The third-order valence-electron chi connectivity index (χ3n) is 2.41. The number of aromatic nitrogens is 4. The van der Waals surface area contributed by atoms with Gasteiger partial charge in [0.25, 0.3) is 0 Å². The van der Waals surface area contributed by atoms with Crippen LogP contribution in [-0.4, -0.2) is 26.3 Å².